The average molecular weight is 487 g/mol. The molecule has 0 spiro atoms. The summed E-state index contributed by atoms with van der Waals surface area (Å²) in [6.45, 7) is 0.530. The maximum Gasteiger partial charge on any atom is 0.333 e. The van der Waals surface area contributed by atoms with Crippen LogP contribution in [-0.2, 0) is 21.0 Å². The van der Waals surface area contributed by atoms with E-state index in [1.165, 1.54) is 12.5 Å². The second-order valence-electron chi connectivity index (χ2n) is 8.16. The van der Waals surface area contributed by atoms with Gasteiger partial charge in [0, 0.05) is 18.4 Å². The first-order valence-corrected chi connectivity index (χ1v) is 12.2. The summed E-state index contributed by atoms with van der Waals surface area (Å²) in [5.74, 6) is 0.924. The van der Waals surface area contributed by atoms with Crippen LogP contribution in [0.5, 0.6) is 5.75 Å². The van der Waals surface area contributed by atoms with Crippen LogP contribution < -0.4 is 15.2 Å². The number of hydrogen-bond acceptors (Lipinski definition) is 9. The second-order valence-corrected chi connectivity index (χ2v) is 9.38. The van der Waals surface area contributed by atoms with Crippen LogP contribution in [0.2, 0.25) is 0 Å². The van der Waals surface area contributed by atoms with Crippen LogP contribution in [0.3, 0.4) is 0 Å². The number of nitrogens with two attached hydrogens (primary N) is 1. The molecule has 0 amide bonds. The Morgan fingerprint density at radius 3 is 2.94 bits per heavy atom. The van der Waals surface area contributed by atoms with Crippen molar-refractivity contribution in [2.75, 3.05) is 19.0 Å². The van der Waals surface area contributed by atoms with E-state index < -0.39 is 10.3 Å². The van der Waals surface area contributed by atoms with Gasteiger partial charge in [-0.3, -0.25) is 13.7 Å². The van der Waals surface area contributed by atoms with Crippen LogP contribution in [0.15, 0.2) is 49.1 Å². The predicted molar refractivity (Wildman–Crippen MR) is 124 cm³/mol. The van der Waals surface area contributed by atoms with Crippen molar-refractivity contribution in [3.63, 3.8) is 0 Å². The molecule has 1 aliphatic rings. The molecule has 12 heteroatoms. The van der Waals surface area contributed by atoms with Crippen LogP contribution in [-0.4, -0.2) is 53.7 Å². The molecule has 1 saturated carbocycles. The molecule has 2 unspecified atom stereocenters. The van der Waals surface area contributed by atoms with Crippen LogP contribution in [0.1, 0.15) is 40.9 Å². The molecule has 3 N–H and O–H groups in total. The van der Waals surface area contributed by atoms with E-state index in [1.807, 2.05) is 24.3 Å². The topological polar surface area (TPSA) is 151 Å². The molecule has 1 aliphatic carbocycles. The van der Waals surface area contributed by atoms with Gasteiger partial charge in [-0.1, -0.05) is 12.1 Å². The predicted octanol–water partition coefficient (Wildman–Crippen LogP) is 1.76. The Balaban J connectivity index is 1.42. The van der Waals surface area contributed by atoms with Crippen molar-refractivity contribution in [2.45, 2.75) is 31.8 Å². The summed E-state index contributed by atoms with van der Waals surface area (Å²) in [7, 11) is -2.35. The maximum atomic E-state index is 13.2. The molecule has 0 radical (unpaired) electrons. The molecule has 2 atom stereocenters. The summed E-state index contributed by atoms with van der Waals surface area (Å²) in [4.78, 5) is 21.4. The van der Waals surface area contributed by atoms with Gasteiger partial charge in [-0.25, -0.2) is 15.1 Å². The third-order valence-corrected chi connectivity index (χ3v) is 6.12. The van der Waals surface area contributed by atoms with Crippen molar-refractivity contribution < 1.29 is 22.1 Å². The Labute approximate surface area is 197 Å². The minimum absolute atomic E-state index is 0.0150. The molecule has 1 aromatic carbocycles. The van der Waals surface area contributed by atoms with Gasteiger partial charge in [0.1, 0.15) is 23.6 Å². The Kier molecular flexibility index (Phi) is 7.20. The molecule has 34 heavy (non-hydrogen) atoms. The number of carbonyl (C=O) groups is 1. The summed E-state index contributed by atoms with van der Waals surface area (Å²) >= 11 is 0. The lowest BCUT2D eigenvalue weighted by atomic mass is 10.1. The van der Waals surface area contributed by atoms with E-state index in [4.69, 9.17) is 14.1 Å². The zero-order chi connectivity index (χ0) is 24.1. The number of rotatable bonds is 10. The summed E-state index contributed by atoms with van der Waals surface area (Å²) in [5.41, 5.74) is 1.60. The number of ether oxygens (including phenoxy) is 1. The van der Waals surface area contributed by atoms with Gasteiger partial charge in [-0.15, -0.1) is 0 Å². The molecule has 2 aromatic heterocycles. The fourth-order valence-electron chi connectivity index (χ4n) is 4.02. The highest BCUT2D eigenvalue weighted by molar-refractivity contribution is 7.84. The van der Waals surface area contributed by atoms with Crippen LogP contribution in [0.4, 0.5) is 5.82 Å². The monoisotopic (exact) mass is 486 g/mol. The van der Waals surface area contributed by atoms with Crippen molar-refractivity contribution in [3.05, 3.63) is 65.9 Å². The molecule has 3 aromatic rings. The van der Waals surface area contributed by atoms with E-state index in [2.05, 4.69) is 20.4 Å². The summed E-state index contributed by atoms with van der Waals surface area (Å²) in [6, 6.07) is 9.32. The zero-order valence-corrected chi connectivity index (χ0v) is 19.4. The number of nitrogens with one attached hydrogen (secondary N) is 1. The van der Waals surface area contributed by atoms with E-state index in [0.29, 0.717) is 24.3 Å². The SMILES string of the molecule is COc1cccc(Cn2ccc(C(=O)c3cncnc3NC3CCC(COS(N)(=O)=O)C3)n2)c1. The molecule has 2 heterocycles. The number of anilines is 1. The third kappa shape index (κ3) is 6.16. The number of aromatic nitrogens is 4. The molecule has 0 bridgehead atoms. The van der Waals surface area contributed by atoms with Crippen molar-refractivity contribution in [2.24, 2.45) is 11.1 Å². The molecular weight excluding hydrogens is 460 g/mol. The van der Waals surface area contributed by atoms with Crippen molar-refractivity contribution in [1.29, 1.82) is 0 Å². The van der Waals surface area contributed by atoms with Gasteiger partial charge in [0.2, 0.25) is 5.78 Å². The first-order chi connectivity index (χ1) is 16.3. The van der Waals surface area contributed by atoms with Crippen LogP contribution >= 0.6 is 0 Å². The molecule has 0 aliphatic heterocycles. The lowest BCUT2D eigenvalue weighted by Crippen LogP contribution is -2.22. The van der Waals surface area contributed by atoms with Gasteiger partial charge >= 0.3 is 10.3 Å². The Bertz CT molecular complexity index is 1260. The zero-order valence-electron chi connectivity index (χ0n) is 18.6. The molecule has 11 nitrogen and oxygen atoms in total. The van der Waals surface area contributed by atoms with E-state index >= 15 is 0 Å². The quantitative estimate of drug-likeness (QED) is 0.408. The molecule has 1 fully saturated rings. The largest absolute Gasteiger partial charge is 0.497 e. The number of carbonyl (C=O) groups excluding carboxylic acids is 1. The Morgan fingerprint density at radius 1 is 1.29 bits per heavy atom. The van der Waals surface area contributed by atoms with E-state index in [1.54, 1.807) is 24.1 Å². The van der Waals surface area contributed by atoms with Gasteiger partial charge in [-0.2, -0.15) is 13.5 Å². The number of benzene rings is 1. The van der Waals surface area contributed by atoms with Gasteiger partial charge in [0.15, 0.2) is 0 Å². The summed E-state index contributed by atoms with van der Waals surface area (Å²) in [6.07, 6.45) is 6.81. The minimum Gasteiger partial charge on any atom is -0.497 e. The summed E-state index contributed by atoms with van der Waals surface area (Å²) in [5, 5.41) is 12.6. The average Bonchev–Trinajstić information content (AvgIpc) is 3.47. The van der Waals surface area contributed by atoms with Gasteiger partial charge in [0.05, 0.1) is 25.8 Å². The molecule has 180 valence electrons. The molecule has 4 rings (SSSR count). The highest BCUT2D eigenvalue weighted by Crippen LogP contribution is 2.29. The number of hydrogen-bond donors (Lipinski definition) is 2. The van der Waals surface area contributed by atoms with Gasteiger partial charge in [-0.05, 0) is 48.9 Å². The van der Waals surface area contributed by atoms with E-state index in [0.717, 1.165) is 24.2 Å². The normalized spacial score (nSPS) is 18.1. The van der Waals surface area contributed by atoms with Crippen molar-refractivity contribution in [3.8, 4) is 5.75 Å². The number of methoxy groups -OCH3 is 1. The molecular formula is C22H26N6O5S. The van der Waals surface area contributed by atoms with Crippen molar-refractivity contribution >= 4 is 21.9 Å². The van der Waals surface area contributed by atoms with Gasteiger partial charge in [0.25, 0.3) is 0 Å². The fraction of sp³-hybridized carbons (Fsp3) is 0.364. The van der Waals surface area contributed by atoms with Crippen molar-refractivity contribution in [1.82, 2.24) is 19.7 Å². The lowest BCUT2D eigenvalue weighted by Gasteiger charge is -2.15. The minimum atomic E-state index is -3.96. The number of ketones is 1. The lowest BCUT2D eigenvalue weighted by molar-refractivity contribution is 0.103. The second kappa shape index (κ2) is 10.3. The first-order valence-electron chi connectivity index (χ1n) is 10.8. The maximum absolute atomic E-state index is 13.2. The highest BCUT2D eigenvalue weighted by Gasteiger charge is 2.28. The molecule has 0 saturated heterocycles. The third-order valence-electron chi connectivity index (χ3n) is 5.66. The van der Waals surface area contributed by atoms with Crippen LogP contribution in [0, 0.1) is 5.92 Å². The smallest absolute Gasteiger partial charge is 0.333 e. The first kappa shape index (κ1) is 23.8. The Morgan fingerprint density at radius 2 is 2.15 bits per heavy atom. The highest BCUT2D eigenvalue weighted by atomic mass is 32.2. The summed E-state index contributed by atoms with van der Waals surface area (Å²) < 4.78 is 33.7. The standard InChI is InChI=1S/C22H26N6O5S/c1-32-18-4-2-3-15(10-18)12-28-8-7-20(27-28)21(29)19-11-24-14-25-22(19)26-17-6-5-16(9-17)13-33-34(23,30)31/h2-4,7-8,10-11,14,16-17H,5-6,9,12-13H2,1H3,(H2,23,30,31)(H,24,25,26). The number of nitrogens with zero attached hydrogens (tertiary/aromatic N) is 4. The van der Waals surface area contributed by atoms with E-state index in [9.17, 15) is 13.2 Å². The van der Waals surface area contributed by atoms with Crippen LogP contribution in [0.25, 0.3) is 0 Å². The fourth-order valence-corrected chi connectivity index (χ4v) is 4.40. The van der Waals surface area contributed by atoms with E-state index in [-0.39, 0.29) is 30.0 Å². The Hall–Kier alpha value is -3.35. The van der Waals surface area contributed by atoms with Gasteiger partial charge < -0.3 is 10.1 Å².